The molecule has 0 aliphatic rings. The van der Waals surface area contributed by atoms with Gasteiger partial charge in [0.25, 0.3) is 5.91 Å². The monoisotopic (exact) mass is 446 g/mol. The summed E-state index contributed by atoms with van der Waals surface area (Å²) in [5, 5.41) is 4.98. The van der Waals surface area contributed by atoms with Crippen molar-refractivity contribution < 1.29 is 9.53 Å². The Morgan fingerprint density at radius 2 is 1.94 bits per heavy atom. The minimum Gasteiger partial charge on any atom is -0.496 e. The highest BCUT2D eigenvalue weighted by Gasteiger charge is 2.10. The molecule has 4 aromatic rings. The molecule has 0 unspecified atom stereocenters. The molecule has 4 rings (SSSR count). The van der Waals surface area contributed by atoms with Gasteiger partial charge in [0.2, 0.25) is 0 Å². The Kier molecular flexibility index (Phi) is 6.76. The maximum Gasteiger partial charge on any atom is 0.260 e. The highest BCUT2D eigenvalue weighted by atomic mass is 32.2. The molecule has 0 radical (unpaired) electrons. The van der Waals surface area contributed by atoms with Crippen LogP contribution in [0.15, 0.2) is 77.5 Å². The summed E-state index contributed by atoms with van der Waals surface area (Å²) in [4.78, 5) is 25.2. The van der Waals surface area contributed by atoms with Crippen molar-refractivity contribution in [2.24, 2.45) is 5.10 Å². The van der Waals surface area contributed by atoms with Gasteiger partial charge in [-0.05, 0) is 48.9 Å². The van der Waals surface area contributed by atoms with Crippen LogP contribution in [0.5, 0.6) is 5.75 Å². The first-order valence-electron chi connectivity index (χ1n) is 9.94. The van der Waals surface area contributed by atoms with Crippen LogP contribution in [0.2, 0.25) is 0 Å². The third-order valence-corrected chi connectivity index (χ3v) is 5.71. The van der Waals surface area contributed by atoms with Crippen molar-refractivity contribution in [3.63, 3.8) is 0 Å². The largest absolute Gasteiger partial charge is 0.496 e. The Morgan fingerprint density at radius 3 is 2.75 bits per heavy atom. The number of para-hydroxylation sites is 2. The van der Waals surface area contributed by atoms with E-state index >= 15 is 0 Å². The highest BCUT2D eigenvalue weighted by Crippen LogP contribution is 2.27. The van der Waals surface area contributed by atoms with E-state index in [4.69, 9.17) is 4.74 Å². The van der Waals surface area contributed by atoms with E-state index in [-0.39, 0.29) is 12.5 Å². The number of hydrazone groups is 1. The molecule has 0 fully saturated rings. The zero-order valence-corrected chi connectivity index (χ0v) is 18.5. The quantitative estimate of drug-likeness (QED) is 0.192. The number of rotatable bonds is 8. The molecule has 1 N–H and O–H groups in total. The zero-order valence-electron chi connectivity index (χ0n) is 17.7. The average molecular weight is 447 g/mol. The van der Waals surface area contributed by atoms with Crippen molar-refractivity contribution in [3.05, 3.63) is 78.4 Å². The number of aromatic nitrogens is 4. The van der Waals surface area contributed by atoms with Crippen LogP contribution in [0.4, 0.5) is 0 Å². The van der Waals surface area contributed by atoms with E-state index in [1.807, 2.05) is 49.4 Å². The van der Waals surface area contributed by atoms with Crippen LogP contribution < -0.4 is 10.2 Å². The van der Waals surface area contributed by atoms with Gasteiger partial charge in [0.15, 0.2) is 5.16 Å². The van der Waals surface area contributed by atoms with Gasteiger partial charge in [0.05, 0.1) is 30.2 Å². The third-order valence-electron chi connectivity index (χ3n) is 4.79. The average Bonchev–Trinajstić information content (AvgIpc) is 3.24. The topological polar surface area (TPSA) is 94.3 Å². The number of carbonyl (C=O) groups excluding carboxylic acids is 1. The normalized spacial score (nSPS) is 11.5. The van der Waals surface area contributed by atoms with Crippen LogP contribution in [0.25, 0.3) is 11.0 Å². The molecule has 0 spiro atoms. The lowest BCUT2D eigenvalue weighted by molar-refractivity contribution is -0.121. The fourth-order valence-electron chi connectivity index (χ4n) is 3.16. The number of ether oxygens (including phenoxy) is 1. The molecule has 1 amide bonds. The third kappa shape index (κ3) is 5.12. The summed E-state index contributed by atoms with van der Waals surface area (Å²) in [5.74, 6) is 1.20. The minimum absolute atomic E-state index is 0.138. The van der Waals surface area contributed by atoms with Gasteiger partial charge in [-0.15, -0.1) is 0 Å². The molecular formula is C23H22N6O2S. The highest BCUT2D eigenvalue weighted by molar-refractivity contribution is 7.98. The van der Waals surface area contributed by atoms with Gasteiger partial charge in [0, 0.05) is 23.7 Å². The van der Waals surface area contributed by atoms with E-state index in [0.29, 0.717) is 16.6 Å². The van der Waals surface area contributed by atoms with E-state index in [9.17, 15) is 4.79 Å². The standard InChI is InChI=1S/C23H22N6O2S/c1-16(27-28-22(30)13-29-15-26-19-6-3-4-7-20(19)29)17-8-9-21(31-2)18(12-17)14-32-23-24-10-5-11-25-23/h3-12,15H,13-14H2,1-2H3,(H,28,30)/b27-16-. The molecule has 2 aromatic carbocycles. The van der Waals surface area contributed by atoms with E-state index in [0.717, 1.165) is 27.9 Å². The molecule has 0 atom stereocenters. The fraction of sp³-hybridized carbons (Fsp3) is 0.174. The number of nitrogens with zero attached hydrogens (tertiary/aromatic N) is 5. The fourth-order valence-corrected chi connectivity index (χ4v) is 3.94. The van der Waals surface area contributed by atoms with Crippen LogP contribution in [0.3, 0.4) is 0 Å². The second-order valence-electron chi connectivity index (χ2n) is 6.94. The molecule has 32 heavy (non-hydrogen) atoms. The van der Waals surface area contributed by atoms with Crippen molar-refractivity contribution in [3.8, 4) is 5.75 Å². The summed E-state index contributed by atoms with van der Waals surface area (Å²) in [6.45, 7) is 1.99. The number of methoxy groups -OCH3 is 1. The van der Waals surface area contributed by atoms with E-state index in [1.165, 1.54) is 11.8 Å². The predicted octanol–water partition coefficient (Wildman–Crippen LogP) is 3.67. The summed E-state index contributed by atoms with van der Waals surface area (Å²) in [6.07, 6.45) is 5.09. The molecule has 8 nitrogen and oxygen atoms in total. The van der Waals surface area contributed by atoms with Crippen LogP contribution in [-0.2, 0) is 17.1 Å². The lowest BCUT2D eigenvalue weighted by Gasteiger charge is -2.11. The number of carbonyl (C=O) groups is 1. The minimum atomic E-state index is -0.224. The van der Waals surface area contributed by atoms with Gasteiger partial charge in [-0.1, -0.05) is 23.9 Å². The SMILES string of the molecule is COc1ccc(/C(C)=N\NC(=O)Cn2cnc3ccccc32)cc1CSc1ncccn1. The van der Waals surface area contributed by atoms with Gasteiger partial charge in [-0.3, -0.25) is 4.79 Å². The van der Waals surface area contributed by atoms with Crippen LogP contribution in [0, 0.1) is 0 Å². The Balaban J connectivity index is 1.43. The molecule has 2 aromatic heterocycles. The number of fused-ring (bicyclic) bond motifs is 1. The number of amides is 1. The van der Waals surface area contributed by atoms with Crippen molar-refractivity contribution >= 4 is 34.4 Å². The number of nitrogens with one attached hydrogen (secondary N) is 1. The maximum atomic E-state index is 12.4. The van der Waals surface area contributed by atoms with Crippen molar-refractivity contribution in [1.29, 1.82) is 0 Å². The van der Waals surface area contributed by atoms with Gasteiger partial charge in [0.1, 0.15) is 12.3 Å². The Morgan fingerprint density at radius 1 is 1.12 bits per heavy atom. The van der Waals surface area contributed by atoms with E-state index in [2.05, 4.69) is 25.5 Å². The van der Waals surface area contributed by atoms with Crippen LogP contribution >= 0.6 is 11.8 Å². The maximum absolute atomic E-state index is 12.4. The first-order valence-corrected chi connectivity index (χ1v) is 10.9. The van der Waals surface area contributed by atoms with E-state index in [1.54, 1.807) is 36.5 Å². The van der Waals surface area contributed by atoms with Crippen molar-refractivity contribution in [1.82, 2.24) is 24.9 Å². The second-order valence-corrected chi connectivity index (χ2v) is 7.88. The second kappa shape index (κ2) is 10.1. The first kappa shape index (κ1) is 21.5. The molecule has 162 valence electrons. The molecule has 0 saturated heterocycles. The predicted molar refractivity (Wildman–Crippen MR) is 125 cm³/mol. The zero-order chi connectivity index (χ0) is 22.3. The molecule has 9 heteroatoms. The lowest BCUT2D eigenvalue weighted by Crippen LogP contribution is -2.24. The van der Waals surface area contributed by atoms with E-state index < -0.39 is 0 Å². The summed E-state index contributed by atoms with van der Waals surface area (Å²) < 4.78 is 7.28. The van der Waals surface area contributed by atoms with Crippen LogP contribution in [0.1, 0.15) is 18.1 Å². The summed E-state index contributed by atoms with van der Waals surface area (Å²) in [6, 6.07) is 15.3. The van der Waals surface area contributed by atoms with Gasteiger partial charge >= 0.3 is 0 Å². The smallest absolute Gasteiger partial charge is 0.260 e. The van der Waals surface area contributed by atoms with Crippen molar-refractivity contribution in [2.75, 3.05) is 7.11 Å². The number of hydrogen-bond acceptors (Lipinski definition) is 7. The van der Waals surface area contributed by atoms with Gasteiger partial charge in [-0.2, -0.15) is 5.10 Å². The van der Waals surface area contributed by atoms with Gasteiger partial charge in [-0.25, -0.2) is 20.4 Å². The molecule has 0 aliphatic heterocycles. The Labute approximate surface area is 189 Å². The summed E-state index contributed by atoms with van der Waals surface area (Å²) >= 11 is 1.52. The number of imidazole rings is 1. The molecular weight excluding hydrogens is 424 g/mol. The summed E-state index contributed by atoms with van der Waals surface area (Å²) in [7, 11) is 1.64. The number of hydrogen-bond donors (Lipinski definition) is 1. The molecule has 0 saturated carbocycles. The number of benzene rings is 2. The first-order chi connectivity index (χ1) is 15.6. The Hall–Kier alpha value is -3.72. The Bertz CT molecular complexity index is 1260. The summed E-state index contributed by atoms with van der Waals surface area (Å²) in [5.41, 5.74) is 6.97. The van der Waals surface area contributed by atoms with Crippen LogP contribution in [-0.4, -0.2) is 38.2 Å². The van der Waals surface area contributed by atoms with Crippen molar-refractivity contribution in [2.45, 2.75) is 24.4 Å². The lowest BCUT2D eigenvalue weighted by atomic mass is 10.1. The molecule has 0 aliphatic carbocycles. The van der Waals surface area contributed by atoms with Gasteiger partial charge < -0.3 is 9.30 Å². The number of thioether (sulfide) groups is 1. The molecule has 0 bridgehead atoms. The molecule has 2 heterocycles.